The van der Waals surface area contributed by atoms with Crippen molar-refractivity contribution < 1.29 is 33.7 Å². The van der Waals surface area contributed by atoms with Crippen molar-refractivity contribution in [3.05, 3.63) is 48.3 Å². The highest BCUT2D eigenvalue weighted by Gasteiger charge is 2.19. The molecule has 3 rings (SSSR count). The summed E-state index contributed by atoms with van der Waals surface area (Å²) in [4.78, 5) is 44.3. The molecule has 2 aromatic rings. The van der Waals surface area contributed by atoms with E-state index in [4.69, 9.17) is 19.3 Å². The zero-order valence-corrected chi connectivity index (χ0v) is 20.6. The number of unbranched alkanes of at least 4 members (excludes halogenated alkanes) is 1. The van der Waals surface area contributed by atoms with E-state index in [0.717, 1.165) is 44.7 Å². The Labute approximate surface area is 210 Å². The third-order valence-corrected chi connectivity index (χ3v) is 5.78. The first-order valence-corrected chi connectivity index (χ1v) is 12.1. The van der Waals surface area contributed by atoms with Crippen LogP contribution < -0.4 is 14.4 Å². The third kappa shape index (κ3) is 8.53. The Morgan fingerprint density at radius 2 is 1.69 bits per heavy atom. The van der Waals surface area contributed by atoms with E-state index < -0.39 is 18.5 Å². The summed E-state index contributed by atoms with van der Waals surface area (Å²) in [6.07, 6.45) is 5.54. The Kier molecular flexibility index (Phi) is 10.5. The number of nitrogens with zero attached hydrogens (tertiary/aromatic N) is 3. The highest BCUT2D eigenvalue weighted by Crippen LogP contribution is 2.29. The topological polar surface area (TPSA) is 119 Å². The molecule has 1 aromatic heterocycles. The van der Waals surface area contributed by atoms with Crippen LogP contribution in [-0.4, -0.2) is 85.3 Å². The van der Waals surface area contributed by atoms with E-state index in [2.05, 4.69) is 14.8 Å². The molecule has 1 saturated heterocycles. The Morgan fingerprint density at radius 3 is 2.39 bits per heavy atom. The zero-order chi connectivity index (χ0) is 25.8. The van der Waals surface area contributed by atoms with Gasteiger partial charge in [0.25, 0.3) is 0 Å². The lowest BCUT2D eigenvalue weighted by Gasteiger charge is -2.35. The van der Waals surface area contributed by atoms with Crippen molar-refractivity contribution in [2.75, 3.05) is 57.4 Å². The van der Waals surface area contributed by atoms with Crippen LogP contribution in [0.25, 0.3) is 0 Å². The van der Waals surface area contributed by atoms with E-state index >= 15 is 0 Å². The van der Waals surface area contributed by atoms with Crippen molar-refractivity contribution in [2.45, 2.75) is 26.2 Å². The smallest absolute Gasteiger partial charge is 0.344 e. The molecule has 10 nitrogen and oxygen atoms in total. The van der Waals surface area contributed by atoms with Crippen LogP contribution in [0.1, 0.15) is 36.5 Å². The number of ketones is 1. The van der Waals surface area contributed by atoms with Gasteiger partial charge in [-0.15, -0.1) is 0 Å². The number of anilines is 1. The molecule has 0 radical (unpaired) electrons. The molecule has 0 saturated carbocycles. The van der Waals surface area contributed by atoms with E-state index in [1.807, 2.05) is 19.1 Å². The first kappa shape index (κ1) is 26.9. The molecule has 1 aliphatic heterocycles. The number of hydrogen-bond donors (Lipinski definition) is 1. The van der Waals surface area contributed by atoms with Crippen molar-refractivity contribution in [1.82, 2.24) is 9.88 Å². The minimum absolute atomic E-state index is 0.0859. The van der Waals surface area contributed by atoms with Crippen LogP contribution in [0.4, 0.5) is 5.69 Å². The molecule has 2 heterocycles. The molecule has 1 aliphatic rings. The molecule has 1 aromatic carbocycles. The molecular formula is C26H33N3O7. The van der Waals surface area contributed by atoms with Crippen LogP contribution in [0, 0.1) is 0 Å². The first-order valence-electron chi connectivity index (χ1n) is 12.1. The number of carbonyl (C=O) groups is 3. The lowest BCUT2D eigenvalue weighted by molar-refractivity contribution is -0.146. The number of carboxylic acid groups (broad SMARTS) is 1. The van der Waals surface area contributed by atoms with Gasteiger partial charge in [-0.05, 0) is 36.8 Å². The number of aliphatic carboxylic acids is 1. The van der Waals surface area contributed by atoms with Gasteiger partial charge in [0.1, 0.15) is 0 Å². The van der Waals surface area contributed by atoms with E-state index in [0.29, 0.717) is 25.1 Å². The summed E-state index contributed by atoms with van der Waals surface area (Å²) in [7, 11) is 0. The average Bonchev–Trinajstić information content (AvgIpc) is 2.90. The molecule has 1 fully saturated rings. The number of esters is 1. The SMILES string of the molecule is CCCCOC(=O)COc1ccc(C(=O)CCN2CCN(c3ccncc3)CC2)cc1OCC(=O)O. The fourth-order valence-electron chi connectivity index (χ4n) is 3.75. The maximum Gasteiger partial charge on any atom is 0.344 e. The van der Waals surface area contributed by atoms with Gasteiger partial charge < -0.3 is 24.2 Å². The third-order valence-electron chi connectivity index (χ3n) is 5.78. The molecular weight excluding hydrogens is 466 g/mol. The van der Waals surface area contributed by atoms with Gasteiger partial charge in [-0.25, -0.2) is 9.59 Å². The number of ether oxygens (including phenoxy) is 3. The lowest BCUT2D eigenvalue weighted by Crippen LogP contribution is -2.46. The maximum absolute atomic E-state index is 12.9. The fourth-order valence-corrected chi connectivity index (χ4v) is 3.75. The second-order valence-corrected chi connectivity index (χ2v) is 8.41. The van der Waals surface area contributed by atoms with Crippen LogP contribution in [0.15, 0.2) is 42.7 Å². The van der Waals surface area contributed by atoms with E-state index in [9.17, 15) is 14.4 Å². The summed E-state index contributed by atoms with van der Waals surface area (Å²) < 4.78 is 15.9. The summed E-state index contributed by atoms with van der Waals surface area (Å²) in [6.45, 7) is 5.43. The van der Waals surface area contributed by atoms with Gasteiger partial charge in [-0.3, -0.25) is 14.7 Å². The van der Waals surface area contributed by atoms with Crippen molar-refractivity contribution >= 4 is 23.4 Å². The quantitative estimate of drug-likeness (QED) is 0.236. The standard InChI is InChI=1S/C26H33N3O7/c1-2-3-16-34-26(33)19-36-23-5-4-20(17-24(23)35-18-25(31)32)22(30)8-11-28-12-14-29(15-13-28)21-6-9-27-10-7-21/h4-7,9-10,17H,2-3,8,11-16,18-19H2,1H3,(H,31,32). The van der Waals surface area contributed by atoms with Gasteiger partial charge in [0.2, 0.25) is 0 Å². The zero-order valence-electron chi connectivity index (χ0n) is 20.6. The number of piperazine rings is 1. The highest BCUT2D eigenvalue weighted by molar-refractivity contribution is 5.96. The number of carboxylic acids is 1. The predicted octanol–water partition coefficient (Wildman–Crippen LogP) is 2.66. The van der Waals surface area contributed by atoms with Gasteiger partial charge in [0.05, 0.1) is 6.61 Å². The lowest BCUT2D eigenvalue weighted by atomic mass is 10.1. The van der Waals surface area contributed by atoms with Crippen molar-refractivity contribution in [3.63, 3.8) is 0 Å². The maximum atomic E-state index is 12.9. The molecule has 0 spiro atoms. The predicted molar refractivity (Wildman–Crippen MR) is 133 cm³/mol. The number of Topliss-reactive ketones (excluding diaryl/α,β-unsaturated/α-hetero) is 1. The number of benzene rings is 1. The molecule has 1 N–H and O–H groups in total. The van der Waals surface area contributed by atoms with Crippen LogP contribution in [0.5, 0.6) is 11.5 Å². The van der Waals surface area contributed by atoms with Crippen LogP contribution in [0.3, 0.4) is 0 Å². The highest BCUT2D eigenvalue weighted by atomic mass is 16.6. The fraction of sp³-hybridized carbons (Fsp3) is 0.462. The summed E-state index contributed by atoms with van der Waals surface area (Å²) in [5.41, 5.74) is 1.54. The second-order valence-electron chi connectivity index (χ2n) is 8.41. The minimum Gasteiger partial charge on any atom is -0.479 e. The van der Waals surface area contributed by atoms with E-state index in [1.54, 1.807) is 18.5 Å². The monoisotopic (exact) mass is 499 g/mol. The Morgan fingerprint density at radius 1 is 0.972 bits per heavy atom. The van der Waals surface area contributed by atoms with Crippen molar-refractivity contribution in [3.8, 4) is 11.5 Å². The Hall–Kier alpha value is -3.66. The van der Waals surface area contributed by atoms with Gasteiger partial charge in [0, 0.05) is 62.8 Å². The van der Waals surface area contributed by atoms with Crippen LogP contribution in [0.2, 0.25) is 0 Å². The molecule has 0 unspecified atom stereocenters. The first-order chi connectivity index (χ1) is 17.5. The van der Waals surface area contributed by atoms with Gasteiger partial charge in [0.15, 0.2) is 30.5 Å². The number of rotatable bonds is 14. The molecule has 194 valence electrons. The van der Waals surface area contributed by atoms with Gasteiger partial charge >= 0.3 is 11.9 Å². The molecule has 10 heteroatoms. The molecule has 0 aliphatic carbocycles. The van der Waals surface area contributed by atoms with Crippen LogP contribution in [-0.2, 0) is 14.3 Å². The number of pyridine rings is 1. The summed E-state index contributed by atoms with van der Waals surface area (Å²) in [5, 5.41) is 8.98. The summed E-state index contributed by atoms with van der Waals surface area (Å²) in [6, 6.07) is 8.55. The number of hydrogen-bond acceptors (Lipinski definition) is 9. The van der Waals surface area contributed by atoms with Gasteiger partial charge in [-0.2, -0.15) is 0 Å². The summed E-state index contributed by atoms with van der Waals surface area (Å²) in [5.74, 6) is -1.51. The Bertz CT molecular complexity index is 1010. The number of aromatic nitrogens is 1. The van der Waals surface area contributed by atoms with E-state index in [-0.39, 0.29) is 23.9 Å². The summed E-state index contributed by atoms with van der Waals surface area (Å²) >= 11 is 0. The second kappa shape index (κ2) is 14.0. The molecule has 36 heavy (non-hydrogen) atoms. The van der Waals surface area contributed by atoms with Crippen molar-refractivity contribution in [1.29, 1.82) is 0 Å². The molecule has 0 bridgehead atoms. The van der Waals surface area contributed by atoms with Gasteiger partial charge in [-0.1, -0.05) is 13.3 Å². The average molecular weight is 500 g/mol. The normalized spacial score (nSPS) is 13.8. The molecule has 0 atom stereocenters. The Balaban J connectivity index is 1.53. The van der Waals surface area contributed by atoms with Crippen molar-refractivity contribution in [2.24, 2.45) is 0 Å². The molecule has 0 amide bonds. The number of carbonyl (C=O) groups excluding carboxylic acids is 2. The van der Waals surface area contributed by atoms with E-state index in [1.165, 1.54) is 12.1 Å². The van der Waals surface area contributed by atoms with Crippen LogP contribution >= 0.6 is 0 Å². The minimum atomic E-state index is -1.16. The largest absolute Gasteiger partial charge is 0.479 e.